The predicted octanol–water partition coefficient (Wildman–Crippen LogP) is 3.56. The average Bonchev–Trinajstić information content (AvgIpc) is 3.20. The normalized spacial score (nSPS) is 15.8. The summed E-state index contributed by atoms with van der Waals surface area (Å²) in [7, 11) is 1.88. The highest BCUT2D eigenvalue weighted by molar-refractivity contribution is 7.07. The van der Waals surface area contributed by atoms with Crippen molar-refractivity contribution >= 4 is 22.9 Å². The lowest BCUT2D eigenvalue weighted by Gasteiger charge is -2.33. The van der Waals surface area contributed by atoms with E-state index in [4.69, 9.17) is 0 Å². The molecular weight excluding hydrogens is 320 g/mol. The van der Waals surface area contributed by atoms with Crippen LogP contribution in [-0.2, 0) is 18.4 Å². The highest BCUT2D eigenvalue weighted by atomic mass is 32.1. The Balaban J connectivity index is 1.65. The summed E-state index contributed by atoms with van der Waals surface area (Å²) in [5, 5.41) is 11.5. The molecule has 0 bridgehead atoms. The monoisotopic (exact) mass is 346 g/mol. The first-order chi connectivity index (χ1) is 11.6. The molecule has 1 N–H and O–H groups in total. The summed E-state index contributed by atoms with van der Waals surface area (Å²) >= 11 is 1.72. The number of nitrogens with one attached hydrogen (secondary N) is 1. The van der Waals surface area contributed by atoms with Gasteiger partial charge in [0.05, 0.1) is 24.1 Å². The Morgan fingerprint density at radius 3 is 2.83 bits per heavy atom. The van der Waals surface area contributed by atoms with Crippen LogP contribution in [0.5, 0.6) is 0 Å². The zero-order chi connectivity index (χ0) is 16.9. The lowest BCUT2D eigenvalue weighted by Crippen LogP contribution is -2.41. The SMILES string of the molecule is Cc1c(NC(=O)CN(Cc2ccsc2)C2CCCCC2)cnn1C. The van der Waals surface area contributed by atoms with Crippen molar-refractivity contribution in [3.63, 3.8) is 0 Å². The minimum absolute atomic E-state index is 0.0481. The second kappa shape index (κ2) is 7.94. The Hall–Kier alpha value is -1.66. The molecule has 1 aliphatic rings. The van der Waals surface area contributed by atoms with Gasteiger partial charge in [-0.2, -0.15) is 16.4 Å². The number of anilines is 1. The van der Waals surface area contributed by atoms with Crippen LogP contribution in [0.4, 0.5) is 5.69 Å². The van der Waals surface area contributed by atoms with Crippen LogP contribution >= 0.6 is 11.3 Å². The maximum absolute atomic E-state index is 12.6. The summed E-state index contributed by atoms with van der Waals surface area (Å²) in [6.07, 6.45) is 7.98. The van der Waals surface area contributed by atoms with Crippen LogP contribution in [0, 0.1) is 6.92 Å². The van der Waals surface area contributed by atoms with E-state index in [1.807, 2.05) is 14.0 Å². The highest BCUT2D eigenvalue weighted by Crippen LogP contribution is 2.24. The minimum atomic E-state index is 0.0481. The van der Waals surface area contributed by atoms with Gasteiger partial charge in [0, 0.05) is 19.6 Å². The number of aryl methyl sites for hydroxylation is 1. The molecule has 1 aliphatic carbocycles. The van der Waals surface area contributed by atoms with E-state index in [9.17, 15) is 4.79 Å². The van der Waals surface area contributed by atoms with Gasteiger partial charge in [-0.3, -0.25) is 14.4 Å². The second-order valence-electron chi connectivity index (χ2n) is 6.64. The quantitative estimate of drug-likeness (QED) is 0.870. The van der Waals surface area contributed by atoms with Gasteiger partial charge >= 0.3 is 0 Å². The molecule has 0 unspecified atom stereocenters. The number of rotatable bonds is 6. The van der Waals surface area contributed by atoms with E-state index in [0.717, 1.165) is 17.9 Å². The molecular formula is C18H26N4OS. The fourth-order valence-corrected chi connectivity index (χ4v) is 4.03. The van der Waals surface area contributed by atoms with Crippen LogP contribution in [0.25, 0.3) is 0 Å². The maximum atomic E-state index is 12.6. The summed E-state index contributed by atoms with van der Waals surface area (Å²) in [4.78, 5) is 14.9. The van der Waals surface area contributed by atoms with Crippen LogP contribution in [0.15, 0.2) is 23.0 Å². The average molecular weight is 347 g/mol. The van der Waals surface area contributed by atoms with Gasteiger partial charge < -0.3 is 5.32 Å². The zero-order valence-electron chi connectivity index (χ0n) is 14.5. The molecule has 130 valence electrons. The maximum Gasteiger partial charge on any atom is 0.238 e. The fraction of sp³-hybridized carbons (Fsp3) is 0.556. The number of hydrogen-bond acceptors (Lipinski definition) is 4. The molecule has 0 radical (unpaired) electrons. The molecule has 6 heteroatoms. The third-order valence-corrected chi connectivity index (χ3v) is 5.64. The van der Waals surface area contributed by atoms with E-state index in [1.165, 1.54) is 37.7 Å². The Morgan fingerprint density at radius 2 is 2.21 bits per heavy atom. The topological polar surface area (TPSA) is 50.2 Å². The molecule has 1 saturated carbocycles. The van der Waals surface area contributed by atoms with Crippen LogP contribution in [0.1, 0.15) is 43.4 Å². The second-order valence-corrected chi connectivity index (χ2v) is 7.42. The zero-order valence-corrected chi connectivity index (χ0v) is 15.3. The van der Waals surface area contributed by atoms with Gasteiger partial charge in [0.25, 0.3) is 0 Å². The number of amides is 1. The first kappa shape index (κ1) is 17.2. The number of aromatic nitrogens is 2. The molecule has 5 nitrogen and oxygen atoms in total. The van der Waals surface area contributed by atoms with Gasteiger partial charge in [-0.1, -0.05) is 19.3 Å². The van der Waals surface area contributed by atoms with Gasteiger partial charge in [-0.25, -0.2) is 0 Å². The molecule has 0 saturated heterocycles. The summed E-state index contributed by atoms with van der Waals surface area (Å²) in [6.45, 7) is 3.26. The molecule has 0 aliphatic heterocycles. The van der Waals surface area contributed by atoms with Crippen molar-refractivity contribution in [3.8, 4) is 0 Å². The van der Waals surface area contributed by atoms with Crippen LogP contribution in [0.2, 0.25) is 0 Å². The van der Waals surface area contributed by atoms with E-state index < -0.39 is 0 Å². The molecule has 1 fully saturated rings. The van der Waals surface area contributed by atoms with Gasteiger partial charge in [0.2, 0.25) is 5.91 Å². The van der Waals surface area contributed by atoms with Crippen molar-refractivity contribution in [1.82, 2.24) is 14.7 Å². The van der Waals surface area contributed by atoms with Gasteiger partial charge in [-0.15, -0.1) is 0 Å². The Kier molecular flexibility index (Phi) is 5.68. The molecule has 24 heavy (non-hydrogen) atoms. The summed E-state index contributed by atoms with van der Waals surface area (Å²) in [6, 6.07) is 2.67. The molecule has 0 atom stereocenters. The van der Waals surface area contributed by atoms with Crippen LogP contribution in [0.3, 0.4) is 0 Å². The van der Waals surface area contributed by atoms with Crippen molar-refractivity contribution in [1.29, 1.82) is 0 Å². The van der Waals surface area contributed by atoms with E-state index >= 15 is 0 Å². The van der Waals surface area contributed by atoms with Crippen LogP contribution < -0.4 is 5.32 Å². The predicted molar refractivity (Wildman–Crippen MR) is 98.2 cm³/mol. The number of carbonyl (C=O) groups is 1. The molecule has 2 aromatic rings. The van der Waals surface area contributed by atoms with E-state index in [2.05, 4.69) is 32.1 Å². The van der Waals surface area contributed by atoms with Gasteiger partial charge in [-0.05, 0) is 42.2 Å². The molecule has 2 aromatic heterocycles. The van der Waals surface area contributed by atoms with Crippen molar-refractivity contribution < 1.29 is 4.79 Å². The highest BCUT2D eigenvalue weighted by Gasteiger charge is 2.23. The lowest BCUT2D eigenvalue weighted by molar-refractivity contribution is -0.118. The summed E-state index contributed by atoms with van der Waals surface area (Å²) in [5.74, 6) is 0.0481. The third kappa shape index (κ3) is 4.24. The molecule has 2 heterocycles. The smallest absolute Gasteiger partial charge is 0.238 e. The lowest BCUT2D eigenvalue weighted by atomic mass is 9.94. The number of nitrogens with zero attached hydrogens (tertiary/aromatic N) is 3. The first-order valence-corrected chi connectivity index (χ1v) is 9.61. The minimum Gasteiger partial charge on any atom is -0.322 e. The van der Waals surface area contributed by atoms with Crippen molar-refractivity contribution in [2.24, 2.45) is 7.05 Å². The number of hydrogen-bond donors (Lipinski definition) is 1. The first-order valence-electron chi connectivity index (χ1n) is 8.67. The number of thiophene rings is 1. The molecule has 3 rings (SSSR count). The Labute approximate surface area is 147 Å². The van der Waals surface area contributed by atoms with Crippen molar-refractivity contribution in [3.05, 3.63) is 34.3 Å². The third-order valence-electron chi connectivity index (χ3n) is 4.91. The van der Waals surface area contributed by atoms with E-state index in [-0.39, 0.29) is 5.91 Å². The summed E-state index contributed by atoms with van der Waals surface area (Å²) < 4.78 is 1.78. The van der Waals surface area contributed by atoms with Gasteiger partial charge in [0.15, 0.2) is 0 Å². The Morgan fingerprint density at radius 1 is 1.42 bits per heavy atom. The summed E-state index contributed by atoms with van der Waals surface area (Å²) in [5.41, 5.74) is 3.09. The Bertz CT molecular complexity index is 659. The van der Waals surface area contributed by atoms with Crippen molar-refractivity contribution in [2.45, 2.75) is 51.6 Å². The standard InChI is InChI=1S/C18H26N4OS/c1-14-17(10-19-21(14)2)20-18(23)12-22(11-15-8-9-24-13-15)16-6-4-3-5-7-16/h8-10,13,16H,3-7,11-12H2,1-2H3,(H,20,23). The number of carbonyl (C=O) groups excluding carboxylic acids is 1. The molecule has 0 aromatic carbocycles. The van der Waals surface area contributed by atoms with Crippen LogP contribution in [-0.4, -0.2) is 33.2 Å². The van der Waals surface area contributed by atoms with Gasteiger partial charge in [0.1, 0.15) is 0 Å². The largest absolute Gasteiger partial charge is 0.322 e. The fourth-order valence-electron chi connectivity index (χ4n) is 3.37. The molecule has 0 spiro atoms. The van der Waals surface area contributed by atoms with E-state index in [1.54, 1.807) is 22.2 Å². The van der Waals surface area contributed by atoms with E-state index in [0.29, 0.717) is 12.6 Å². The van der Waals surface area contributed by atoms with Crippen molar-refractivity contribution in [2.75, 3.05) is 11.9 Å². The molecule has 1 amide bonds.